The van der Waals surface area contributed by atoms with E-state index in [1.165, 1.54) is 32.2 Å². The van der Waals surface area contributed by atoms with Crippen molar-refractivity contribution in [2.45, 2.75) is 52.5 Å². The Bertz CT molecular complexity index is 112. The Labute approximate surface area is 76.9 Å². The maximum atomic E-state index is 3.66. The highest BCUT2D eigenvalue weighted by Gasteiger charge is 2.15. The zero-order chi connectivity index (χ0) is 8.97. The van der Waals surface area contributed by atoms with Gasteiger partial charge in [0.15, 0.2) is 0 Å². The lowest BCUT2D eigenvalue weighted by atomic mass is 9.98. The summed E-state index contributed by atoms with van der Waals surface area (Å²) in [6, 6.07) is 0.839. The van der Waals surface area contributed by atoms with Gasteiger partial charge in [-0.25, -0.2) is 0 Å². The van der Waals surface area contributed by atoms with Gasteiger partial charge in [0.1, 0.15) is 0 Å². The van der Waals surface area contributed by atoms with Crippen LogP contribution in [0.5, 0.6) is 0 Å². The summed E-state index contributed by atoms with van der Waals surface area (Å²) in [5, 5.41) is 3.66. The van der Waals surface area contributed by atoms with Crippen molar-refractivity contribution in [1.29, 1.82) is 0 Å². The molecule has 0 amide bonds. The standard InChI is InChI=1S/C11H23N/c1-9(2)10(3)8-12-11-6-4-5-7-11/h9-12H,4-8H2,1-3H3/t10-/m1/s1. The van der Waals surface area contributed by atoms with Gasteiger partial charge in [-0.05, 0) is 31.2 Å². The van der Waals surface area contributed by atoms with E-state index in [1.807, 2.05) is 0 Å². The van der Waals surface area contributed by atoms with E-state index in [1.54, 1.807) is 0 Å². The van der Waals surface area contributed by atoms with Crippen LogP contribution in [0, 0.1) is 11.8 Å². The van der Waals surface area contributed by atoms with Gasteiger partial charge >= 0.3 is 0 Å². The van der Waals surface area contributed by atoms with Gasteiger partial charge in [0, 0.05) is 6.04 Å². The molecule has 1 N–H and O–H groups in total. The van der Waals surface area contributed by atoms with Gasteiger partial charge in [-0.3, -0.25) is 0 Å². The second kappa shape index (κ2) is 4.86. The van der Waals surface area contributed by atoms with Gasteiger partial charge in [0.05, 0.1) is 0 Å². The summed E-state index contributed by atoms with van der Waals surface area (Å²) in [6.45, 7) is 8.16. The molecule has 1 rings (SSSR count). The molecule has 12 heavy (non-hydrogen) atoms. The highest BCUT2D eigenvalue weighted by atomic mass is 14.9. The van der Waals surface area contributed by atoms with Crippen LogP contribution in [-0.2, 0) is 0 Å². The molecule has 0 aromatic heterocycles. The quantitative estimate of drug-likeness (QED) is 0.682. The van der Waals surface area contributed by atoms with Gasteiger partial charge in [0.2, 0.25) is 0 Å². The SMILES string of the molecule is CC(C)[C@H](C)CNC1CCCC1. The van der Waals surface area contributed by atoms with Crippen LogP contribution in [0.4, 0.5) is 0 Å². The highest BCUT2D eigenvalue weighted by Crippen LogP contribution is 2.18. The monoisotopic (exact) mass is 169 g/mol. The number of nitrogens with one attached hydrogen (secondary N) is 1. The third-order valence-corrected chi connectivity index (χ3v) is 3.22. The lowest BCUT2D eigenvalue weighted by Crippen LogP contribution is -2.31. The normalized spacial score (nSPS) is 22.0. The fourth-order valence-electron chi connectivity index (χ4n) is 1.72. The molecule has 0 radical (unpaired) electrons. The van der Waals surface area contributed by atoms with Crippen LogP contribution in [-0.4, -0.2) is 12.6 Å². The summed E-state index contributed by atoms with van der Waals surface area (Å²) in [5.74, 6) is 1.64. The molecule has 0 saturated heterocycles. The third kappa shape index (κ3) is 3.14. The molecule has 0 aromatic rings. The second-order valence-electron chi connectivity index (χ2n) is 4.61. The Morgan fingerprint density at radius 3 is 2.25 bits per heavy atom. The van der Waals surface area contributed by atoms with Gasteiger partial charge in [0.25, 0.3) is 0 Å². The van der Waals surface area contributed by atoms with E-state index in [-0.39, 0.29) is 0 Å². The molecular formula is C11H23N. The molecule has 0 heterocycles. The fourth-order valence-corrected chi connectivity index (χ4v) is 1.72. The van der Waals surface area contributed by atoms with Crippen molar-refractivity contribution in [3.8, 4) is 0 Å². The molecule has 1 fully saturated rings. The first-order valence-electron chi connectivity index (χ1n) is 5.43. The molecule has 1 aliphatic carbocycles. The molecule has 0 aromatic carbocycles. The predicted octanol–water partition coefficient (Wildman–Crippen LogP) is 2.81. The molecule has 1 nitrogen and oxygen atoms in total. The van der Waals surface area contributed by atoms with Crippen LogP contribution in [0.1, 0.15) is 46.5 Å². The van der Waals surface area contributed by atoms with Crippen molar-refractivity contribution in [3.63, 3.8) is 0 Å². The summed E-state index contributed by atoms with van der Waals surface area (Å²) in [5.41, 5.74) is 0. The van der Waals surface area contributed by atoms with E-state index in [0.29, 0.717) is 0 Å². The molecule has 1 saturated carbocycles. The maximum absolute atomic E-state index is 3.66. The summed E-state index contributed by atoms with van der Waals surface area (Å²) < 4.78 is 0. The first kappa shape index (κ1) is 10.0. The van der Waals surface area contributed by atoms with Crippen LogP contribution in [0.15, 0.2) is 0 Å². The second-order valence-corrected chi connectivity index (χ2v) is 4.61. The van der Waals surface area contributed by atoms with Gasteiger partial charge in [-0.1, -0.05) is 33.6 Å². The van der Waals surface area contributed by atoms with Crippen LogP contribution in [0.2, 0.25) is 0 Å². The summed E-state index contributed by atoms with van der Waals surface area (Å²) >= 11 is 0. The van der Waals surface area contributed by atoms with E-state index in [9.17, 15) is 0 Å². The number of hydrogen-bond acceptors (Lipinski definition) is 1. The van der Waals surface area contributed by atoms with Crippen molar-refractivity contribution in [1.82, 2.24) is 5.32 Å². The molecule has 1 aliphatic rings. The van der Waals surface area contributed by atoms with E-state index in [2.05, 4.69) is 26.1 Å². The Kier molecular flexibility index (Phi) is 4.07. The Morgan fingerprint density at radius 1 is 1.17 bits per heavy atom. The van der Waals surface area contributed by atoms with Crippen molar-refractivity contribution in [2.24, 2.45) is 11.8 Å². The highest BCUT2D eigenvalue weighted by molar-refractivity contribution is 4.74. The molecule has 72 valence electrons. The summed E-state index contributed by atoms with van der Waals surface area (Å²) in [7, 11) is 0. The molecule has 0 aliphatic heterocycles. The van der Waals surface area contributed by atoms with Crippen LogP contribution >= 0.6 is 0 Å². The lowest BCUT2D eigenvalue weighted by molar-refractivity contribution is 0.368. The average Bonchev–Trinajstić information content (AvgIpc) is 2.51. The lowest BCUT2D eigenvalue weighted by Gasteiger charge is -2.19. The van der Waals surface area contributed by atoms with E-state index < -0.39 is 0 Å². The van der Waals surface area contributed by atoms with E-state index >= 15 is 0 Å². The van der Waals surface area contributed by atoms with Crippen LogP contribution < -0.4 is 5.32 Å². The average molecular weight is 169 g/mol. The Balaban J connectivity index is 2.07. The predicted molar refractivity (Wildman–Crippen MR) is 54.3 cm³/mol. The Hall–Kier alpha value is -0.0400. The largest absolute Gasteiger partial charge is 0.314 e. The minimum absolute atomic E-state index is 0.818. The molecule has 1 atom stereocenters. The van der Waals surface area contributed by atoms with E-state index in [4.69, 9.17) is 0 Å². The van der Waals surface area contributed by atoms with Crippen molar-refractivity contribution in [2.75, 3.05) is 6.54 Å². The maximum Gasteiger partial charge on any atom is 0.00671 e. The Morgan fingerprint density at radius 2 is 1.75 bits per heavy atom. The summed E-state index contributed by atoms with van der Waals surface area (Å²) in [6.07, 6.45) is 5.69. The molecular weight excluding hydrogens is 146 g/mol. The van der Waals surface area contributed by atoms with Gasteiger partial charge in [-0.2, -0.15) is 0 Å². The number of hydrogen-bond donors (Lipinski definition) is 1. The zero-order valence-electron chi connectivity index (χ0n) is 8.77. The molecule has 0 unspecified atom stereocenters. The zero-order valence-corrected chi connectivity index (χ0v) is 8.77. The molecule has 0 bridgehead atoms. The van der Waals surface area contributed by atoms with Gasteiger partial charge < -0.3 is 5.32 Å². The van der Waals surface area contributed by atoms with E-state index in [0.717, 1.165) is 17.9 Å². The summed E-state index contributed by atoms with van der Waals surface area (Å²) in [4.78, 5) is 0. The van der Waals surface area contributed by atoms with Gasteiger partial charge in [-0.15, -0.1) is 0 Å². The smallest absolute Gasteiger partial charge is 0.00671 e. The topological polar surface area (TPSA) is 12.0 Å². The van der Waals surface area contributed by atoms with Crippen molar-refractivity contribution < 1.29 is 0 Å². The van der Waals surface area contributed by atoms with Crippen molar-refractivity contribution >= 4 is 0 Å². The number of rotatable bonds is 4. The third-order valence-electron chi connectivity index (χ3n) is 3.22. The van der Waals surface area contributed by atoms with Crippen LogP contribution in [0.25, 0.3) is 0 Å². The molecule has 1 heteroatoms. The minimum atomic E-state index is 0.818. The minimum Gasteiger partial charge on any atom is -0.314 e. The van der Waals surface area contributed by atoms with Crippen molar-refractivity contribution in [3.05, 3.63) is 0 Å². The first-order chi connectivity index (χ1) is 5.70. The van der Waals surface area contributed by atoms with Crippen LogP contribution in [0.3, 0.4) is 0 Å². The fraction of sp³-hybridized carbons (Fsp3) is 1.00. The molecule has 0 spiro atoms. The first-order valence-corrected chi connectivity index (χ1v) is 5.43.